The average molecular weight is 456 g/mol. The van der Waals surface area contributed by atoms with E-state index in [0.29, 0.717) is 22.5 Å². The van der Waals surface area contributed by atoms with Gasteiger partial charge in [0.1, 0.15) is 0 Å². The van der Waals surface area contributed by atoms with Gasteiger partial charge in [-0.05, 0) is 89.7 Å². The maximum Gasteiger partial charge on any atom is 0.255 e. The van der Waals surface area contributed by atoms with E-state index in [-0.39, 0.29) is 11.8 Å². The molecule has 0 radical (unpaired) electrons. The van der Waals surface area contributed by atoms with Crippen molar-refractivity contribution in [2.75, 3.05) is 10.6 Å². The topological polar surface area (TPSA) is 58.2 Å². The highest BCUT2D eigenvalue weighted by molar-refractivity contribution is 14.1. The standard InChI is InChI=1S/C21H17IN2O2/c1-14-13-18(23-20(25)16-7-9-17(22)10-8-16)11-12-19(14)24-21(26)15-5-3-2-4-6-15/h2-13H,1H3,(H,23,25)(H,24,26). The molecule has 0 fully saturated rings. The molecule has 3 aromatic carbocycles. The summed E-state index contributed by atoms with van der Waals surface area (Å²) in [5, 5.41) is 5.77. The maximum atomic E-state index is 12.3. The highest BCUT2D eigenvalue weighted by atomic mass is 127. The van der Waals surface area contributed by atoms with Gasteiger partial charge in [-0.1, -0.05) is 18.2 Å². The third kappa shape index (κ3) is 4.49. The van der Waals surface area contributed by atoms with Crippen molar-refractivity contribution in [2.24, 2.45) is 0 Å². The molecule has 0 aliphatic heterocycles. The Balaban J connectivity index is 1.70. The zero-order valence-electron chi connectivity index (χ0n) is 14.1. The highest BCUT2D eigenvalue weighted by Crippen LogP contribution is 2.21. The number of anilines is 2. The number of rotatable bonds is 4. The van der Waals surface area contributed by atoms with Gasteiger partial charge in [-0.2, -0.15) is 0 Å². The Morgan fingerprint density at radius 2 is 1.38 bits per heavy atom. The van der Waals surface area contributed by atoms with Crippen LogP contribution in [0.15, 0.2) is 72.8 Å². The van der Waals surface area contributed by atoms with Crippen molar-refractivity contribution in [3.05, 3.63) is 93.1 Å². The van der Waals surface area contributed by atoms with Gasteiger partial charge in [-0.3, -0.25) is 9.59 Å². The van der Waals surface area contributed by atoms with E-state index in [1.165, 1.54) is 0 Å². The smallest absolute Gasteiger partial charge is 0.255 e. The maximum absolute atomic E-state index is 12.3. The summed E-state index contributed by atoms with van der Waals surface area (Å²) >= 11 is 2.20. The van der Waals surface area contributed by atoms with Crippen LogP contribution in [0.5, 0.6) is 0 Å². The van der Waals surface area contributed by atoms with E-state index in [1.807, 2.05) is 43.3 Å². The lowest BCUT2D eigenvalue weighted by Gasteiger charge is -2.11. The van der Waals surface area contributed by atoms with Crippen LogP contribution in [0.2, 0.25) is 0 Å². The minimum absolute atomic E-state index is 0.163. The molecule has 26 heavy (non-hydrogen) atoms. The summed E-state index contributed by atoms with van der Waals surface area (Å²) in [7, 11) is 0. The van der Waals surface area contributed by atoms with E-state index in [2.05, 4.69) is 33.2 Å². The lowest BCUT2D eigenvalue weighted by atomic mass is 10.1. The van der Waals surface area contributed by atoms with Crippen LogP contribution in [0.25, 0.3) is 0 Å². The number of carbonyl (C=O) groups is 2. The zero-order valence-corrected chi connectivity index (χ0v) is 16.3. The quantitative estimate of drug-likeness (QED) is 0.537. The largest absolute Gasteiger partial charge is 0.322 e. The summed E-state index contributed by atoms with van der Waals surface area (Å²) in [5.41, 5.74) is 3.47. The van der Waals surface area contributed by atoms with Gasteiger partial charge in [0.05, 0.1) is 0 Å². The summed E-state index contributed by atoms with van der Waals surface area (Å²) in [5.74, 6) is -0.328. The first-order valence-corrected chi connectivity index (χ1v) is 9.15. The molecule has 5 heteroatoms. The number of halogens is 1. The number of amides is 2. The second kappa shape index (κ2) is 8.14. The fourth-order valence-electron chi connectivity index (χ4n) is 2.47. The second-order valence-electron chi connectivity index (χ2n) is 5.81. The lowest BCUT2D eigenvalue weighted by Crippen LogP contribution is -2.14. The number of hydrogen-bond donors (Lipinski definition) is 2. The first-order valence-electron chi connectivity index (χ1n) is 8.07. The van der Waals surface area contributed by atoms with Crippen LogP contribution in [-0.4, -0.2) is 11.8 Å². The third-order valence-electron chi connectivity index (χ3n) is 3.87. The molecular weight excluding hydrogens is 439 g/mol. The predicted octanol–water partition coefficient (Wildman–Crippen LogP) is 5.10. The Bertz CT molecular complexity index is 938. The summed E-state index contributed by atoms with van der Waals surface area (Å²) in [6.45, 7) is 1.89. The number of hydrogen-bond acceptors (Lipinski definition) is 2. The molecule has 0 aliphatic carbocycles. The van der Waals surface area contributed by atoms with Crippen molar-refractivity contribution in [1.29, 1.82) is 0 Å². The zero-order chi connectivity index (χ0) is 18.5. The first kappa shape index (κ1) is 18.1. The molecule has 130 valence electrons. The normalized spacial score (nSPS) is 10.2. The molecule has 2 amide bonds. The van der Waals surface area contributed by atoms with Gasteiger partial charge in [0.2, 0.25) is 0 Å². The fourth-order valence-corrected chi connectivity index (χ4v) is 2.83. The lowest BCUT2D eigenvalue weighted by molar-refractivity contribution is 0.101. The molecule has 0 heterocycles. The van der Waals surface area contributed by atoms with Crippen molar-refractivity contribution in [3.63, 3.8) is 0 Å². The Kier molecular flexibility index (Phi) is 5.68. The van der Waals surface area contributed by atoms with Gasteiger partial charge in [-0.25, -0.2) is 0 Å². The highest BCUT2D eigenvalue weighted by Gasteiger charge is 2.10. The molecule has 3 aromatic rings. The number of benzene rings is 3. The summed E-state index contributed by atoms with van der Waals surface area (Å²) in [6.07, 6.45) is 0. The number of carbonyl (C=O) groups excluding carboxylic acids is 2. The molecule has 0 aromatic heterocycles. The summed E-state index contributed by atoms with van der Waals surface area (Å²) < 4.78 is 1.08. The van der Waals surface area contributed by atoms with Gasteiger partial charge < -0.3 is 10.6 Å². The van der Waals surface area contributed by atoms with Crippen LogP contribution >= 0.6 is 22.6 Å². The molecule has 0 saturated carbocycles. The van der Waals surface area contributed by atoms with Crippen LogP contribution in [0.1, 0.15) is 26.3 Å². The predicted molar refractivity (Wildman–Crippen MR) is 113 cm³/mol. The van der Waals surface area contributed by atoms with Gasteiger partial charge >= 0.3 is 0 Å². The molecule has 0 bridgehead atoms. The number of aryl methyl sites for hydroxylation is 1. The molecule has 0 atom stereocenters. The molecule has 0 saturated heterocycles. The van der Waals surface area contributed by atoms with Crippen LogP contribution in [-0.2, 0) is 0 Å². The van der Waals surface area contributed by atoms with Gasteiger partial charge in [0.15, 0.2) is 0 Å². The molecule has 4 nitrogen and oxygen atoms in total. The molecule has 0 spiro atoms. The van der Waals surface area contributed by atoms with Crippen LogP contribution in [0.3, 0.4) is 0 Å². The number of nitrogens with one attached hydrogen (secondary N) is 2. The summed E-state index contributed by atoms with van der Waals surface area (Å²) in [4.78, 5) is 24.6. The van der Waals surface area contributed by atoms with Crippen molar-refractivity contribution in [3.8, 4) is 0 Å². The minimum atomic E-state index is -0.165. The molecule has 0 unspecified atom stereocenters. The van der Waals surface area contributed by atoms with Crippen molar-refractivity contribution in [1.82, 2.24) is 0 Å². The molecule has 0 aliphatic rings. The van der Waals surface area contributed by atoms with E-state index in [9.17, 15) is 9.59 Å². The van der Waals surface area contributed by atoms with Gasteiger partial charge in [0, 0.05) is 26.1 Å². The van der Waals surface area contributed by atoms with Crippen LogP contribution in [0.4, 0.5) is 11.4 Å². The van der Waals surface area contributed by atoms with E-state index in [1.54, 1.807) is 36.4 Å². The monoisotopic (exact) mass is 456 g/mol. The fraction of sp³-hybridized carbons (Fsp3) is 0.0476. The van der Waals surface area contributed by atoms with Gasteiger partial charge in [-0.15, -0.1) is 0 Å². The Morgan fingerprint density at radius 3 is 2.04 bits per heavy atom. The average Bonchev–Trinajstić information content (AvgIpc) is 2.65. The minimum Gasteiger partial charge on any atom is -0.322 e. The first-order chi connectivity index (χ1) is 12.5. The van der Waals surface area contributed by atoms with Crippen molar-refractivity contribution >= 4 is 45.8 Å². The van der Waals surface area contributed by atoms with E-state index in [0.717, 1.165) is 9.13 Å². The van der Waals surface area contributed by atoms with Crippen molar-refractivity contribution in [2.45, 2.75) is 6.92 Å². The van der Waals surface area contributed by atoms with Crippen molar-refractivity contribution < 1.29 is 9.59 Å². The van der Waals surface area contributed by atoms with Crippen LogP contribution in [0, 0.1) is 10.5 Å². The van der Waals surface area contributed by atoms with Gasteiger partial charge in [0.25, 0.3) is 11.8 Å². The third-order valence-corrected chi connectivity index (χ3v) is 4.59. The Hall–Kier alpha value is -2.67. The van der Waals surface area contributed by atoms with E-state index in [4.69, 9.17) is 0 Å². The Morgan fingerprint density at radius 1 is 0.769 bits per heavy atom. The Labute approximate surface area is 165 Å². The SMILES string of the molecule is Cc1cc(NC(=O)c2ccc(I)cc2)ccc1NC(=O)c1ccccc1. The molecular formula is C21H17IN2O2. The summed E-state index contributed by atoms with van der Waals surface area (Å²) in [6, 6.07) is 21.8. The molecule has 2 N–H and O–H groups in total. The van der Waals surface area contributed by atoms with E-state index < -0.39 is 0 Å². The second-order valence-corrected chi connectivity index (χ2v) is 7.06. The van der Waals surface area contributed by atoms with Crippen LogP contribution < -0.4 is 10.6 Å². The molecule has 3 rings (SSSR count). The van der Waals surface area contributed by atoms with E-state index >= 15 is 0 Å².